The molecule has 5 aromatic carbocycles. The lowest BCUT2D eigenvalue weighted by Gasteiger charge is -2.14. The van der Waals surface area contributed by atoms with E-state index in [9.17, 15) is 0 Å². The minimum Gasteiger partial charge on any atom is -0.0610 e. The first-order valence-electron chi connectivity index (χ1n) is 8.56. The lowest BCUT2D eigenvalue weighted by Crippen LogP contribution is -1.89. The second-order valence-corrected chi connectivity index (χ2v) is 7.78. The molecule has 1 heteroatoms. The van der Waals surface area contributed by atoms with Crippen molar-refractivity contribution in [3.63, 3.8) is 0 Å². The monoisotopic (exact) mass is 384 g/mol. The zero-order valence-electron chi connectivity index (χ0n) is 14.2. The van der Waals surface area contributed by atoms with Gasteiger partial charge in [-0.3, -0.25) is 0 Å². The van der Waals surface area contributed by atoms with Gasteiger partial charge in [-0.05, 0) is 86.6 Å². The summed E-state index contributed by atoms with van der Waals surface area (Å²) in [5, 5.41) is 8.03. The zero-order valence-corrected chi connectivity index (χ0v) is 15.8. The van der Waals surface area contributed by atoms with Gasteiger partial charge in [0, 0.05) is 4.47 Å². The largest absolute Gasteiger partial charge is 0.0610 e. The van der Waals surface area contributed by atoms with Crippen LogP contribution in [0.25, 0.3) is 43.4 Å². The Morgan fingerprint density at radius 1 is 0.600 bits per heavy atom. The van der Waals surface area contributed by atoms with E-state index in [4.69, 9.17) is 0 Å². The molecule has 0 spiro atoms. The third kappa shape index (κ3) is 2.19. The first kappa shape index (κ1) is 14.9. The molecule has 0 saturated carbocycles. The molecule has 0 aliphatic carbocycles. The molecule has 0 aliphatic rings. The predicted molar refractivity (Wildman–Crippen MR) is 113 cm³/mol. The van der Waals surface area contributed by atoms with E-state index in [2.05, 4.69) is 96.5 Å². The fraction of sp³-hybridized carbons (Fsp3) is 0.0833. The van der Waals surface area contributed by atoms with E-state index in [0.29, 0.717) is 0 Å². The van der Waals surface area contributed by atoms with Crippen molar-refractivity contribution in [3.05, 3.63) is 82.3 Å². The summed E-state index contributed by atoms with van der Waals surface area (Å²) in [4.78, 5) is 0. The van der Waals surface area contributed by atoms with E-state index in [-0.39, 0.29) is 0 Å². The number of halogens is 1. The molecule has 0 atom stereocenters. The molecule has 5 rings (SSSR count). The van der Waals surface area contributed by atoms with Crippen molar-refractivity contribution in [2.24, 2.45) is 0 Å². The van der Waals surface area contributed by atoms with Crippen LogP contribution in [0.1, 0.15) is 11.1 Å². The molecule has 0 fully saturated rings. The smallest absolute Gasteiger partial charge is 0.0207 e. The van der Waals surface area contributed by atoms with Gasteiger partial charge in [0.05, 0.1) is 0 Å². The summed E-state index contributed by atoms with van der Waals surface area (Å²) < 4.78 is 1.17. The SMILES string of the molecule is Cc1cc(-c2cc3ccc4cccc5ccc(c2)c3c45)c(C)cc1Br. The van der Waals surface area contributed by atoms with Gasteiger partial charge >= 0.3 is 0 Å². The molecule has 0 N–H and O–H groups in total. The second kappa shape index (κ2) is 5.31. The van der Waals surface area contributed by atoms with Crippen LogP contribution in [0.3, 0.4) is 0 Å². The zero-order chi connectivity index (χ0) is 17.1. The molecule has 0 amide bonds. The minimum atomic E-state index is 1.17. The standard InChI is InChI=1S/C24H17Br/c1-14-11-22(25)15(2)10-21(14)20-12-18-8-6-16-4-3-5-17-7-9-19(13-20)24(18)23(16)17/h3-13H,1-2H3. The van der Waals surface area contributed by atoms with Crippen molar-refractivity contribution >= 4 is 48.2 Å². The van der Waals surface area contributed by atoms with Gasteiger partial charge < -0.3 is 0 Å². The second-order valence-electron chi connectivity index (χ2n) is 6.92. The van der Waals surface area contributed by atoms with Crippen LogP contribution < -0.4 is 0 Å². The third-order valence-corrected chi connectivity index (χ3v) is 6.13. The van der Waals surface area contributed by atoms with Crippen molar-refractivity contribution < 1.29 is 0 Å². The van der Waals surface area contributed by atoms with Gasteiger partial charge in [-0.2, -0.15) is 0 Å². The van der Waals surface area contributed by atoms with E-state index in [1.54, 1.807) is 0 Å². The van der Waals surface area contributed by atoms with Crippen LogP contribution in [0.2, 0.25) is 0 Å². The van der Waals surface area contributed by atoms with Crippen LogP contribution in [0, 0.1) is 13.8 Å². The van der Waals surface area contributed by atoms with Crippen LogP contribution in [0.15, 0.2) is 71.2 Å². The highest BCUT2D eigenvalue weighted by Gasteiger charge is 2.11. The maximum atomic E-state index is 3.64. The number of aryl methyl sites for hydroxylation is 2. The molecule has 0 nitrogen and oxygen atoms in total. The summed E-state index contributed by atoms with van der Waals surface area (Å²) >= 11 is 3.64. The quantitative estimate of drug-likeness (QED) is 0.260. The molecule has 0 aromatic heterocycles. The topological polar surface area (TPSA) is 0 Å². The summed E-state index contributed by atoms with van der Waals surface area (Å²) in [6, 6.07) is 24.7. The van der Waals surface area contributed by atoms with E-state index in [0.717, 1.165) is 0 Å². The Morgan fingerprint density at radius 3 is 1.80 bits per heavy atom. The summed E-state index contributed by atoms with van der Waals surface area (Å²) in [6.07, 6.45) is 0. The van der Waals surface area contributed by atoms with Gasteiger partial charge in [0.2, 0.25) is 0 Å². The fourth-order valence-corrected chi connectivity index (χ4v) is 4.46. The summed E-state index contributed by atoms with van der Waals surface area (Å²) in [5.41, 5.74) is 5.17. The number of rotatable bonds is 1. The molecule has 0 radical (unpaired) electrons. The van der Waals surface area contributed by atoms with Gasteiger partial charge in [-0.25, -0.2) is 0 Å². The van der Waals surface area contributed by atoms with Crippen LogP contribution in [-0.2, 0) is 0 Å². The first-order chi connectivity index (χ1) is 12.1. The molecule has 0 unspecified atom stereocenters. The lowest BCUT2D eigenvalue weighted by atomic mass is 9.90. The molecule has 120 valence electrons. The van der Waals surface area contributed by atoms with E-state index in [1.807, 2.05) is 0 Å². The van der Waals surface area contributed by atoms with Gasteiger partial charge in [-0.15, -0.1) is 0 Å². The summed E-state index contributed by atoms with van der Waals surface area (Å²) in [7, 11) is 0. The fourth-order valence-electron chi connectivity index (χ4n) is 4.00. The molecule has 0 bridgehead atoms. The Hall–Kier alpha value is -2.38. The van der Waals surface area contributed by atoms with Crippen LogP contribution in [-0.4, -0.2) is 0 Å². The Kier molecular flexibility index (Phi) is 3.17. The molecule has 0 aliphatic heterocycles. The molecule has 0 saturated heterocycles. The number of benzene rings is 5. The number of hydrogen-bond acceptors (Lipinski definition) is 0. The van der Waals surface area contributed by atoms with E-state index >= 15 is 0 Å². The highest BCUT2D eigenvalue weighted by atomic mass is 79.9. The van der Waals surface area contributed by atoms with Crippen molar-refractivity contribution in [1.29, 1.82) is 0 Å². The van der Waals surface area contributed by atoms with Gasteiger partial charge in [0.1, 0.15) is 0 Å². The van der Waals surface area contributed by atoms with E-state index < -0.39 is 0 Å². The highest BCUT2D eigenvalue weighted by Crippen LogP contribution is 2.38. The van der Waals surface area contributed by atoms with Gasteiger partial charge in [-0.1, -0.05) is 64.5 Å². The molecular formula is C24H17Br. The highest BCUT2D eigenvalue weighted by molar-refractivity contribution is 9.10. The lowest BCUT2D eigenvalue weighted by molar-refractivity contribution is 1.36. The van der Waals surface area contributed by atoms with E-state index in [1.165, 1.54) is 59.0 Å². The normalized spacial score (nSPS) is 11.8. The van der Waals surface area contributed by atoms with Crippen molar-refractivity contribution in [1.82, 2.24) is 0 Å². The Morgan fingerprint density at radius 2 is 1.16 bits per heavy atom. The predicted octanol–water partition coefficient (Wildman–Crippen LogP) is 7.63. The molecule has 25 heavy (non-hydrogen) atoms. The van der Waals surface area contributed by atoms with Crippen molar-refractivity contribution in [2.45, 2.75) is 13.8 Å². The van der Waals surface area contributed by atoms with Gasteiger partial charge in [0.15, 0.2) is 0 Å². The average Bonchev–Trinajstić information content (AvgIpc) is 2.62. The summed E-state index contributed by atoms with van der Waals surface area (Å²) in [6.45, 7) is 4.33. The third-order valence-electron chi connectivity index (χ3n) is 5.28. The molecular weight excluding hydrogens is 368 g/mol. The Balaban J connectivity index is 1.89. The summed E-state index contributed by atoms with van der Waals surface area (Å²) in [5.74, 6) is 0. The first-order valence-corrected chi connectivity index (χ1v) is 9.36. The van der Waals surface area contributed by atoms with Crippen LogP contribution >= 0.6 is 15.9 Å². The van der Waals surface area contributed by atoms with Crippen LogP contribution in [0.5, 0.6) is 0 Å². The van der Waals surface area contributed by atoms with Crippen molar-refractivity contribution in [3.8, 4) is 11.1 Å². The average molecular weight is 385 g/mol. The van der Waals surface area contributed by atoms with Gasteiger partial charge in [0.25, 0.3) is 0 Å². The molecule has 0 heterocycles. The minimum absolute atomic E-state index is 1.17. The Labute approximate surface area is 155 Å². The maximum Gasteiger partial charge on any atom is 0.0207 e. The number of hydrogen-bond donors (Lipinski definition) is 0. The maximum absolute atomic E-state index is 3.64. The Bertz CT molecular complexity index is 1200. The van der Waals surface area contributed by atoms with Crippen molar-refractivity contribution in [2.75, 3.05) is 0 Å². The molecule has 5 aromatic rings. The van der Waals surface area contributed by atoms with Crippen LogP contribution in [0.4, 0.5) is 0 Å².